The molecule has 1 heteroatoms. The van der Waals surface area contributed by atoms with Crippen molar-refractivity contribution in [3.05, 3.63) is 0 Å². The molecule has 0 aromatic heterocycles. The van der Waals surface area contributed by atoms with Gasteiger partial charge in [0.05, 0.1) is 0 Å². The van der Waals surface area contributed by atoms with Crippen molar-refractivity contribution in [2.75, 3.05) is 6.54 Å². The van der Waals surface area contributed by atoms with Crippen molar-refractivity contribution < 1.29 is 0 Å². The van der Waals surface area contributed by atoms with Gasteiger partial charge >= 0.3 is 0 Å². The van der Waals surface area contributed by atoms with Gasteiger partial charge < -0.3 is 5.32 Å². The minimum absolute atomic E-state index is 0.838. The van der Waals surface area contributed by atoms with Gasteiger partial charge in [-0.1, -0.05) is 33.6 Å². The Morgan fingerprint density at radius 2 is 1.71 bits per heavy atom. The third-order valence-corrected chi connectivity index (χ3v) is 4.90. The summed E-state index contributed by atoms with van der Waals surface area (Å²) in [4.78, 5) is 0. The third-order valence-electron chi connectivity index (χ3n) is 4.90. The molecule has 0 radical (unpaired) electrons. The topological polar surface area (TPSA) is 12.0 Å². The van der Waals surface area contributed by atoms with Crippen LogP contribution in [0.25, 0.3) is 0 Å². The molecular weight excluding hydrogens is 206 g/mol. The highest BCUT2D eigenvalue weighted by molar-refractivity contribution is 5.04. The molecule has 2 fully saturated rings. The van der Waals surface area contributed by atoms with Crippen LogP contribution in [0.15, 0.2) is 0 Å². The highest BCUT2D eigenvalue weighted by Gasteiger charge is 2.53. The maximum Gasteiger partial charge on any atom is 0.0101 e. The first-order valence-corrected chi connectivity index (χ1v) is 7.97. The molecule has 3 unspecified atom stereocenters. The lowest BCUT2D eigenvalue weighted by Gasteiger charge is -2.20. The maximum absolute atomic E-state index is 3.84. The van der Waals surface area contributed by atoms with Gasteiger partial charge in [-0.25, -0.2) is 0 Å². The molecule has 0 amide bonds. The average Bonchev–Trinajstić information content (AvgIpc) is 3.03. The summed E-state index contributed by atoms with van der Waals surface area (Å²) >= 11 is 0. The zero-order chi connectivity index (χ0) is 12.3. The second-order valence-corrected chi connectivity index (χ2v) is 6.72. The summed E-state index contributed by atoms with van der Waals surface area (Å²) in [5.74, 6) is 4.11. The molecule has 1 nitrogen and oxygen atoms in total. The lowest BCUT2D eigenvalue weighted by Crippen LogP contribution is -2.33. The minimum atomic E-state index is 0.838. The van der Waals surface area contributed by atoms with Crippen molar-refractivity contribution in [1.82, 2.24) is 5.32 Å². The standard InChI is InChI=1S/C16H31N/c1-4-11-17-15(10-9-12(2)3)16-13-7-5-6-8-14(13)16/h12-17H,4-11H2,1-3H3. The number of hydrogen-bond acceptors (Lipinski definition) is 1. The molecule has 2 saturated carbocycles. The number of hydrogen-bond donors (Lipinski definition) is 1. The maximum atomic E-state index is 3.84. The fourth-order valence-electron chi connectivity index (χ4n) is 3.92. The van der Waals surface area contributed by atoms with Crippen LogP contribution in [0.3, 0.4) is 0 Å². The lowest BCUT2D eigenvalue weighted by atomic mass is 9.98. The van der Waals surface area contributed by atoms with E-state index in [0.29, 0.717) is 0 Å². The van der Waals surface area contributed by atoms with Crippen molar-refractivity contribution in [3.63, 3.8) is 0 Å². The van der Waals surface area contributed by atoms with Crippen molar-refractivity contribution in [2.45, 2.75) is 71.8 Å². The second kappa shape index (κ2) is 6.22. The number of rotatable bonds is 7. The fraction of sp³-hybridized carbons (Fsp3) is 1.00. The van der Waals surface area contributed by atoms with Gasteiger partial charge in [0.25, 0.3) is 0 Å². The first-order chi connectivity index (χ1) is 8.24. The molecule has 100 valence electrons. The molecule has 2 rings (SSSR count). The monoisotopic (exact) mass is 237 g/mol. The van der Waals surface area contributed by atoms with E-state index < -0.39 is 0 Å². The Kier molecular flexibility index (Phi) is 4.90. The largest absolute Gasteiger partial charge is 0.314 e. The quantitative estimate of drug-likeness (QED) is 0.699. The number of fused-ring (bicyclic) bond motifs is 1. The average molecular weight is 237 g/mol. The van der Waals surface area contributed by atoms with Crippen molar-refractivity contribution in [2.24, 2.45) is 23.7 Å². The summed E-state index contributed by atoms with van der Waals surface area (Å²) < 4.78 is 0. The van der Waals surface area contributed by atoms with Gasteiger partial charge in [0.1, 0.15) is 0 Å². The predicted molar refractivity (Wildman–Crippen MR) is 75.1 cm³/mol. The van der Waals surface area contributed by atoms with E-state index in [9.17, 15) is 0 Å². The summed E-state index contributed by atoms with van der Waals surface area (Å²) in [6.45, 7) is 8.22. The Hall–Kier alpha value is -0.0400. The van der Waals surface area contributed by atoms with Crippen LogP contribution in [0.4, 0.5) is 0 Å². The predicted octanol–water partition coefficient (Wildman–Crippen LogP) is 4.23. The molecule has 0 bridgehead atoms. The van der Waals surface area contributed by atoms with E-state index in [0.717, 1.165) is 29.7 Å². The van der Waals surface area contributed by atoms with Gasteiger partial charge in [-0.15, -0.1) is 0 Å². The SMILES string of the molecule is CCCNC(CCC(C)C)C1C2CCCCC21. The normalized spacial score (nSPS) is 33.5. The molecule has 3 atom stereocenters. The zero-order valence-electron chi connectivity index (χ0n) is 12.0. The highest BCUT2D eigenvalue weighted by Crippen LogP contribution is 2.57. The van der Waals surface area contributed by atoms with Crippen molar-refractivity contribution in [1.29, 1.82) is 0 Å². The molecule has 2 aliphatic carbocycles. The molecule has 0 spiro atoms. The molecule has 0 aromatic carbocycles. The van der Waals surface area contributed by atoms with Crippen LogP contribution in [-0.2, 0) is 0 Å². The fourth-order valence-corrected chi connectivity index (χ4v) is 3.92. The summed E-state index contributed by atoms with van der Waals surface area (Å²) in [5.41, 5.74) is 0. The Morgan fingerprint density at radius 3 is 2.24 bits per heavy atom. The van der Waals surface area contributed by atoms with Crippen LogP contribution >= 0.6 is 0 Å². The first kappa shape index (κ1) is 13.4. The van der Waals surface area contributed by atoms with Crippen LogP contribution in [0.2, 0.25) is 0 Å². The van der Waals surface area contributed by atoms with Gasteiger partial charge in [-0.05, 0) is 62.3 Å². The van der Waals surface area contributed by atoms with Crippen LogP contribution in [0.5, 0.6) is 0 Å². The molecular formula is C16H31N. The van der Waals surface area contributed by atoms with Crippen LogP contribution in [0, 0.1) is 23.7 Å². The molecule has 0 saturated heterocycles. The van der Waals surface area contributed by atoms with E-state index in [1.54, 1.807) is 0 Å². The zero-order valence-corrected chi connectivity index (χ0v) is 12.0. The van der Waals surface area contributed by atoms with E-state index >= 15 is 0 Å². The van der Waals surface area contributed by atoms with Crippen LogP contribution < -0.4 is 5.32 Å². The van der Waals surface area contributed by atoms with Gasteiger partial charge in [0, 0.05) is 6.04 Å². The van der Waals surface area contributed by atoms with Crippen molar-refractivity contribution >= 4 is 0 Å². The third kappa shape index (κ3) is 3.47. The Labute approximate surface area is 108 Å². The summed E-state index contributed by atoms with van der Waals surface area (Å²) in [7, 11) is 0. The van der Waals surface area contributed by atoms with E-state index in [1.807, 2.05) is 0 Å². The molecule has 0 heterocycles. The minimum Gasteiger partial charge on any atom is -0.314 e. The molecule has 0 aromatic rings. The Morgan fingerprint density at radius 1 is 1.06 bits per heavy atom. The van der Waals surface area contributed by atoms with Crippen LogP contribution in [-0.4, -0.2) is 12.6 Å². The molecule has 0 aliphatic heterocycles. The first-order valence-electron chi connectivity index (χ1n) is 7.97. The van der Waals surface area contributed by atoms with E-state index in [4.69, 9.17) is 0 Å². The van der Waals surface area contributed by atoms with E-state index in [2.05, 4.69) is 26.1 Å². The summed E-state index contributed by atoms with van der Waals surface area (Å²) in [6, 6.07) is 0.838. The Balaban J connectivity index is 1.82. The summed E-state index contributed by atoms with van der Waals surface area (Å²) in [6.07, 6.45) is 10.2. The van der Waals surface area contributed by atoms with Gasteiger partial charge in [-0.3, -0.25) is 0 Å². The van der Waals surface area contributed by atoms with Crippen molar-refractivity contribution in [3.8, 4) is 0 Å². The van der Waals surface area contributed by atoms with Crippen LogP contribution in [0.1, 0.15) is 65.7 Å². The Bertz CT molecular complexity index is 212. The molecule has 1 N–H and O–H groups in total. The van der Waals surface area contributed by atoms with Gasteiger partial charge in [-0.2, -0.15) is 0 Å². The summed E-state index contributed by atoms with van der Waals surface area (Å²) in [5, 5.41) is 3.84. The van der Waals surface area contributed by atoms with Gasteiger partial charge in [0.15, 0.2) is 0 Å². The smallest absolute Gasteiger partial charge is 0.0101 e. The van der Waals surface area contributed by atoms with E-state index in [-0.39, 0.29) is 0 Å². The number of nitrogens with one attached hydrogen (secondary N) is 1. The highest BCUT2D eigenvalue weighted by atomic mass is 14.9. The van der Waals surface area contributed by atoms with Gasteiger partial charge in [0.2, 0.25) is 0 Å². The second-order valence-electron chi connectivity index (χ2n) is 6.72. The molecule has 17 heavy (non-hydrogen) atoms. The lowest BCUT2D eigenvalue weighted by molar-refractivity contribution is 0.374. The van der Waals surface area contributed by atoms with E-state index in [1.165, 1.54) is 51.5 Å². The molecule has 2 aliphatic rings.